The second-order valence-electron chi connectivity index (χ2n) is 6.31. The first-order chi connectivity index (χ1) is 11.5. The van der Waals surface area contributed by atoms with Crippen LogP contribution < -0.4 is 10.2 Å². The molecule has 4 rings (SSSR count). The molecule has 7 nitrogen and oxygen atoms in total. The zero-order chi connectivity index (χ0) is 16.7. The Bertz CT molecular complexity index is 874. The lowest BCUT2D eigenvalue weighted by molar-refractivity contribution is 0.437. The van der Waals surface area contributed by atoms with E-state index >= 15 is 0 Å². The van der Waals surface area contributed by atoms with Crippen LogP contribution >= 0.6 is 36.2 Å². The third kappa shape index (κ3) is 4.07. The highest BCUT2D eigenvalue weighted by Gasteiger charge is 2.26. The van der Waals surface area contributed by atoms with Gasteiger partial charge in [-0.15, -0.1) is 36.2 Å². The Morgan fingerprint density at radius 3 is 2.73 bits per heavy atom. The SMILES string of the molecule is CS(=O)(=O)N1CCCN(c2ncnc3sc4c(c23)CCNC4)CC1.Cl.Cl. The van der Waals surface area contributed by atoms with E-state index in [1.165, 1.54) is 22.1 Å². The van der Waals surface area contributed by atoms with Crippen molar-refractivity contribution in [1.82, 2.24) is 19.6 Å². The lowest BCUT2D eigenvalue weighted by Gasteiger charge is -2.23. The van der Waals surface area contributed by atoms with Gasteiger partial charge >= 0.3 is 0 Å². The molecule has 0 spiro atoms. The van der Waals surface area contributed by atoms with E-state index in [4.69, 9.17) is 0 Å². The van der Waals surface area contributed by atoms with Crippen LogP contribution in [0.4, 0.5) is 5.82 Å². The largest absolute Gasteiger partial charge is 0.355 e. The lowest BCUT2D eigenvalue weighted by atomic mass is 10.1. The van der Waals surface area contributed by atoms with Crippen LogP contribution in [0.5, 0.6) is 0 Å². The number of aromatic nitrogens is 2. The number of fused-ring (bicyclic) bond motifs is 3. The van der Waals surface area contributed by atoms with Crippen molar-refractivity contribution in [3.63, 3.8) is 0 Å². The van der Waals surface area contributed by atoms with Crippen LogP contribution in [0.1, 0.15) is 16.9 Å². The molecule has 0 unspecified atom stereocenters. The van der Waals surface area contributed by atoms with E-state index in [9.17, 15) is 8.42 Å². The van der Waals surface area contributed by atoms with Gasteiger partial charge in [0.1, 0.15) is 17.0 Å². The van der Waals surface area contributed by atoms with E-state index in [0.717, 1.165) is 43.1 Å². The van der Waals surface area contributed by atoms with Gasteiger partial charge < -0.3 is 10.2 Å². The number of sulfonamides is 1. The number of hydrogen-bond donors (Lipinski definition) is 1. The van der Waals surface area contributed by atoms with Crippen molar-refractivity contribution in [2.24, 2.45) is 0 Å². The molecule has 2 aromatic rings. The quantitative estimate of drug-likeness (QED) is 0.766. The average molecular weight is 440 g/mol. The summed E-state index contributed by atoms with van der Waals surface area (Å²) in [6, 6.07) is 0. The zero-order valence-electron chi connectivity index (χ0n) is 14.5. The number of thiophene rings is 1. The number of anilines is 1. The fraction of sp³-hybridized carbons (Fsp3) is 0.600. The summed E-state index contributed by atoms with van der Waals surface area (Å²) < 4.78 is 25.2. The average Bonchev–Trinajstić information content (AvgIpc) is 2.75. The minimum Gasteiger partial charge on any atom is -0.355 e. The Labute approximate surface area is 170 Å². The minimum absolute atomic E-state index is 0. The molecule has 146 valence electrons. The molecule has 2 aliphatic heterocycles. The van der Waals surface area contributed by atoms with Crippen molar-refractivity contribution in [3.8, 4) is 0 Å². The van der Waals surface area contributed by atoms with Gasteiger partial charge in [-0.25, -0.2) is 22.7 Å². The van der Waals surface area contributed by atoms with E-state index in [2.05, 4.69) is 20.2 Å². The Morgan fingerprint density at radius 1 is 1.15 bits per heavy atom. The maximum atomic E-state index is 11.8. The van der Waals surface area contributed by atoms with Crippen molar-refractivity contribution >= 4 is 62.2 Å². The highest BCUT2D eigenvalue weighted by atomic mass is 35.5. The number of rotatable bonds is 2. The molecule has 0 radical (unpaired) electrons. The fourth-order valence-electron chi connectivity index (χ4n) is 3.52. The highest BCUT2D eigenvalue weighted by molar-refractivity contribution is 7.88. The van der Waals surface area contributed by atoms with Gasteiger partial charge in [0.05, 0.1) is 11.6 Å². The van der Waals surface area contributed by atoms with Crippen LogP contribution in [-0.4, -0.2) is 61.7 Å². The summed E-state index contributed by atoms with van der Waals surface area (Å²) in [6.45, 7) is 4.46. The lowest BCUT2D eigenvalue weighted by Crippen LogP contribution is -2.34. The minimum atomic E-state index is -3.13. The number of hydrogen-bond acceptors (Lipinski definition) is 7. The van der Waals surface area contributed by atoms with E-state index < -0.39 is 10.0 Å². The Balaban J connectivity index is 0.00000121. The van der Waals surface area contributed by atoms with Gasteiger partial charge in [0.2, 0.25) is 10.0 Å². The van der Waals surface area contributed by atoms with Gasteiger partial charge in [-0.05, 0) is 24.9 Å². The fourth-order valence-corrected chi connectivity index (χ4v) is 5.54. The highest BCUT2D eigenvalue weighted by Crippen LogP contribution is 2.37. The summed E-state index contributed by atoms with van der Waals surface area (Å²) in [5.74, 6) is 0.967. The Morgan fingerprint density at radius 2 is 1.96 bits per heavy atom. The molecule has 4 heterocycles. The summed E-state index contributed by atoms with van der Waals surface area (Å²) in [7, 11) is -3.13. The molecule has 1 N–H and O–H groups in total. The number of halogens is 2. The van der Waals surface area contributed by atoms with Crippen molar-refractivity contribution in [1.29, 1.82) is 0 Å². The molecule has 11 heteroatoms. The molecular formula is C15H23Cl2N5O2S2. The van der Waals surface area contributed by atoms with Crippen LogP contribution in [0.25, 0.3) is 10.2 Å². The third-order valence-corrected chi connectivity index (χ3v) is 7.15. The summed E-state index contributed by atoms with van der Waals surface area (Å²) in [6.07, 6.45) is 4.73. The predicted octanol–water partition coefficient (Wildman–Crippen LogP) is 1.65. The van der Waals surface area contributed by atoms with E-state index in [1.54, 1.807) is 22.0 Å². The number of nitrogens with zero attached hydrogens (tertiary/aromatic N) is 4. The van der Waals surface area contributed by atoms with Gasteiger partial charge in [0, 0.05) is 37.6 Å². The van der Waals surface area contributed by atoms with Crippen molar-refractivity contribution in [3.05, 3.63) is 16.8 Å². The van der Waals surface area contributed by atoms with E-state index in [0.29, 0.717) is 19.6 Å². The molecule has 2 aliphatic rings. The first kappa shape index (κ1) is 21.6. The number of nitrogens with one attached hydrogen (secondary N) is 1. The first-order valence-corrected chi connectivity index (χ1v) is 10.9. The van der Waals surface area contributed by atoms with E-state index in [-0.39, 0.29) is 24.8 Å². The molecule has 0 bridgehead atoms. The van der Waals surface area contributed by atoms with Crippen LogP contribution in [0, 0.1) is 0 Å². The van der Waals surface area contributed by atoms with Crippen LogP contribution in [-0.2, 0) is 23.0 Å². The van der Waals surface area contributed by atoms with Gasteiger partial charge in [-0.1, -0.05) is 0 Å². The molecule has 0 aliphatic carbocycles. The monoisotopic (exact) mass is 439 g/mol. The van der Waals surface area contributed by atoms with Crippen molar-refractivity contribution < 1.29 is 8.42 Å². The second kappa shape index (κ2) is 8.53. The molecule has 0 saturated carbocycles. The van der Waals surface area contributed by atoms with E-state index in [1.807, 2.05) is 0 Å². The summed E-state index contributed by atoms with van der Waals surface area (Å²) >= 11 is 1.74. The van der Waals surface area contributed by atoms with Crippen LogP contribution in [0.3, 0.4) is 0 Å². The molecule has 0 atom stereocenters. The third-order valence-electron chi connectivity index (χ3n) is 4.71. The maximum absolute atomic E-state index is 11.8. The summed E-state index contributed by atoms with van der Waals surface area (Å²) in [5, 5.41) is 4.58. The maximum Gasteiger partial charge on any atom is 0.211 e. The predicted molar refractivity (Wildman–Crippen MR) is 111 cm³/mol. The molecular weight excluding hydrogens is 417 g/mol. The van der Waals surface area contributed by atoms with Gasteiger partial charge in [-0.2, -0.15) is 0 Å². The summed E-state index contributed by atoms with van der Waals surface area (Å²) in [5.41, 5.74) is 1.37. The topological polar surface area (TPSA) is 78.4 Å². The Kier molecular flexibility index (Phi) is 7.09. The molecule has 0 amide bonds. The molecule has 1 fully saturated rings. The van der Waals surface area contributed by atoms with Gasteiger partial charge in [-0.3, -0.25) is 0 Å². The summed E-state index contributed by atoms with van der Waals surface area (Å²) in [4.78, 5) is 13.7. The molecule has 0 aromatic carbocycles. The molecule has 1 saturated heterocycles. The van der Waals surface area contributed by atoms with Crippen LogP contribution in [0.15, 0.2) is 6.33 Å². The normalized spacial score (nSPS) is 18.6. The Hall–Kier alpha value is -0.710. The molecule has 26 heavy (non-hydrogen) atoms. The van der Waals surface area contributed by atoms with Crippen molar-refractivity contribution in [2.75, 3.05) is 43.9 Å². The first-order valence-electron chi connectivity index (χ1n) is 8.20. The van der Waals surface area contributed by atoms with Crippen LogP contribution in [0.2, 0.25) is 0 Å². The van der Waals surface area contributed by atoms with Gasteiger partial charge in [0.15, 0.2) is 0 Å². The second-order valence-corrected chi connectivity index (χ2v) is 9.38. The standard InChI is InChI=1S/C15H21N5O2S2.2ClH/c1-24(21,22)20-6-2-5-19(7-8-20)14-13-11-3-4-16-9-12(11)23-15(13)18-10-17-14;;/h10,16H,2-9H2,1H3;2*1H. The zero-order valence-corrected chi connectivity index (χ0v) is 17.7. The smallest absolute Gasteiger partial charge is 0.211 e. The molecule has 2 aromatic heterocycles. The van der Waals surface area contributed by atoms with Gasteiger partial charge in [0.25, 0.3) is 0 Å². The van der Waals surface area contributed by atoms with Crippen molar-refractivity contribution in [2.45, 2.75) is 19.4 Å².